The highest BCUT2D eigenvalue weighted by Crippen LogP contribution is 2.13. The van der Waals surface area contributed by atoms with Crippen molar-refractivity contribution in [2.24, 2.45) is 0 Å². The molecule has 1 aliphatic heterocycles. The third-order valence-corrected chi connectivity index (χ3v) is 4.01. The van der Waals surface area contributed by atoms with E-state index in [2.05, 4.69) is 53.2 Å². The third kappa shape index (κ3) is 3.33. The summed E-state index contributed by atoms with van der Waals surface area (Å²) >= 11 is 0. The highest BCUT2D eigenvalue weighted by atomic mass is 15.3. The molecular weight excluding hydrogens is 224 g/mol. The molecule has 0 aromatic carbocycles. The van der Waals surface area contributed by atoms with Gasteiger partial charge in [-0.2, -0.15) is 5.10 Å². The molecule has 0 amide bonds. The standard InChI is InChI=1S/C14H26N4/c1-4-12(2)18-9-7-13(16-18)11-17(3)14-6-5-8-15-10-14/h7,9,12,14-15H,4-6,8,10-11H2,1-3H3. The molecule has 1 aromatic heterocycles. The zero-order valence-electron chi connectivity index (χ0n) is 11.9. The molecule has 0 bridgehead atoms. The largest absolute Gasteiger partial charge is 0.315 e. The molecule has 1 aromatic rings. The van der Waals surface area contributed by atoms with Crippen molar-refractivity contribution in [2.45, 2.75) is 51.7 Å². The lowest BCUT2D eigenvalue weighted by molar-refractivity contribution is 0.193. The number of nitrogens with one attached hydrogen (secondary N) is 1. The highest BCUT2D eigenvalue weighted by Gasteiger charge is 2.18. The Bertz CT molecular complexity index is 354. The van der Waals surface area contributed by atoms with Crippen LogP contribution in [0.2, 0.25) is 0 Å². The van der Waals surface area contributed by atoms with E-state index < -0.39 is 0 Å². The number of hydrogen-bond donors (Lipinski definition) is 1. The van der Waals surface area contributed by atoms with Gasteiger partial charge in [0, 0.05) is 31.4 Å². The van der Waals surface area contributed by atoms with E-state index in [-0.39, 0.29) is 0 Å². The lowest BCUT2D eigenvalue weighted by Gasteiger charge is -2.31. The lowest BCUT2D eigenvalue weighted by Crippen LogP contribution is -2.43. The molecule has 4 nitrogen and oxygen atoms in total. The van der Waals surface area contributed by atoms with Crippen LogP contribution in [0.3, 0.4) is 0 Å². The van der Waals surface area contributed by atoms with Crippen molar-refractivity contribution in [3.63, 3.8) is 0 Å². The fourth-order valence-electron chi connectivity index (χ4n) is 2.49. The fraction of sp³-hybridized carbons (Fsp3) is 0.786. The lowest BCUT2D eigenvalue weighted by atomic mass is 10.1. The summed E-state index contributed by atoms with van der Waals surface area (Å²) in [5, 5.41) is 8.14. The summed E-state index contributed by atoms with van der Waals surface area (Å²) in [5.74, 6) is 0. The van der Waals surface area contributed by atoms with Crippen molar-refractivity contribution in [3.8, 4) is 0 Å². The van der Waals surface area contributed by atoms with Gasteiger partial charge in [-0.25, -0.2) is 0 Å². The number of rotatable bonds is 5. The highest BCUT2D eigenvalue weighted by molar-refractivity contribution is 5.00. The molecule has 2 heterocycles. The van der Waals surface area contributed by atoms with Crippen LogP contribution < -0.4 is 5.32 Å². The van der Waals surface area contributed by atoms with Gasteiger partial charge < -0.3 is 5.32 Å². The van der Waals surface area contributed by atoms with Gasteiger partial charge in [-0.3, -0.25) is 9.58 Å². The van der Waals surface area contributed by atoms with Gasteiger partial charge in [-0.15, -0.1) is 0 Å². The molecule has 1 aliphatic rings. The maximum atomic E-state index is 4.67. The maximum absolute atomic E-state index is 4.67. The van der Waals surface area contributed by atoms with Gasteiger partial charge in [-0.05, 0) is 45.8 Å². The minimum absolute atomic E-state index is 0.500. The summed E-state index contributed by atoms with van der Waals surface area (Å²) in [5.41, 5.74) is 1.18. The Hall–Kier alpha value is -0.870. The first-order chi connectivity index (χ1) is 8.70. The Morgan fingerprint density at radius 2 is 2.44 bits per heavy atom. The average molecular weight is 250 g/mol. The quantitative estimate of drug-likeness (QED) is 0.868. The van der Waals surface area contributed by atoms with E-state index in [0.717, 1.165) is 19.5 Å². The van der Waals surface area contributed by atoms with Crippen molar-refractivity contribution in [1.82, 2.24) is 20.0 Å². The Balaban J connectivity index is 1.90. The van der Waals surface area contributed by atoms with Crippen molar-refractivity contribution in [1.29, 1.82) is 0 Å². The van der Waals surface area contributed by atoms with E-state index in [9.17, 15) is 0 Å². The Labute approximate surface area is 110 Å². The predicted octanol–water partition coefficient (Wildman–Crippen LogP) is 2.04. The molecule has 0 radical (unpaired) electrons. The number of nitrogens with zero attached hydrogens (tertiary/aromatic N) is 3. The Kier molecular flexibility index (Phi) is 4.78. The summed E-state index contributed by atoms with van der Waals surface area (Å²) in [7, 11) is 2.21. The van der Waals surface area contributed by atoms with Crippen LogP contribution in [0.5, 0.6) is 0 Å². The van der Waals surface area contributed by atoms with Gasteiger partial charge in [0.25, 0.3) is 0 Å². The van der Waals surface area contributed by atoms with Crippen LogP contribution in [-0.2, 0) is 6.54 Å². The van der Waals surface area contributed by atoms with E-state index in [1.807, 2.05) is 0 Å². The molecule has 2 atom stereocenters. The molecule has 102 valence electrons. The maximum Gasteiger partial charge on any atom is 0.0764 e. The molecule has 2 rings (SSSR count). The fourth-order valence-corrected chi connectivity index (χ4v) is 2.49. The Morgan fingerprint density at radius 1 is 1.61 bits per heavy atom. The second-order valence-electron chi connectivity index (χ2n) is 5.46. The van der Waals surface area contributed by atoms with Crippen LogP contribution in [0, 0.1) is 0 Å². The number of likely N-dealkylation sites (N-methyl/N-ethyl adjacent to an activating group) is 1. The smallest absolute Gasteiger partial charge is 0.0764 e. The van der Waals surface area contributed by atoms with Crippen LogP contribution in [0.1, 0.15) is 44.8 Å². The normalized spacial score (nSPS) is 22.3. The average Bonchev–Trinajstić information content (AvgIpc) is 2.87. The van der Waals surface area contributed by atoms with E-state index in [4.69, 9.17) is 0 Å². The van der Waals surface area contributed by atoms with E-state index in [0.29, 0.717) is 12.1 Å². The first kappa shape index (κ1) is 13.6. The van der Waals surface area contributed by atoms with Crippen molar-refractivity contribution < 1.29 is 0 Å². The summed E-state index contributed by atoms with van der Waals surface area (Å²) in [6, 6.07) is 3.31. The topological polar surface area (TPSA) is 33.1 Å². The van der Waals surface area contributed by atoms with Gasteiger partial charge in [0.05, 0.1) is 5.69 Å². The minimum Gasteiger partial charge on any atom is -0.315 e. The molecule has 18 heavy (non-hydrogen) atoms. The minimum atomic E-state index is 0.500. The van der Waals surface area contributed by atoms with Crippen LogP contribution >= 0.6 is 0 Å². The predicted molar refractivity (Wildman–Crippen MR) is 74.6 cm³/mol. The molecular formula is C14H26N4. The molecule has 0 saturated carbocycles. The molecule has 0 aliphatic carbocycles. The monoisotopic (exact) mass is 250 g/mol. The molecule has 1 N–H and O–H groups in total. The van der Waals surface area contributed by atoms with Gasteiger partial charge in [0.1, 0.15) is 0 Å². The second-order valence-corrected chi connectivity index (χ2v) is 5.46. The summed E-state index contributed by atoms with van der Waals surface area (Å²) in [6.07, 6.45) is 5.83. The molecule has 1 fully saturated rings. The van der Waals surface area contributed by atoms with Gasteiger partial charge in [0.15, 0.2) is 0 Å². The number of piperidine rings is 1. The molecule has 0 spiro atoms. The van der Waals surface area contributed by atoms with Crippen LogP contribution in [0.15, 0.2) is 12.3 Å². The van der Waals surface area contributed by atoms with Gasteiger partial charge >= 0.3 is 0 Å². The number of hydrogen-bond acceptors (Lipinski definition) is 3. The first-order valence-electron chi connectivity index (χ1n) is 7.15. The molecule has 1 saturated heterocycles. The van der Waals surface area contributed by atoms with Crippen LogP contribution in [0.25, 0.3) is 0 Å². The SMILES string of the molecule is CCC(C)n1ccc(CN(C)C2CCCNC2)n1. The van der Waals surface area contributed by atoms with Crippen molar-refractivity contribution >= 4 is 0 Å². The third-order valence-electron chi connectivity index (χ3n) is 4.01. The number of aromatic nitrogens is 2. The van der Waals surface area contributed by atoms with Crippen LogP contribution in [-0.4, -0.2) is 40.9 Å². The van der Waals surface area contributed by atoms with Gasteiger partial charge in [0.2, 0.25) is 0 Å². The van der Waals surface area contributed by atoms with Gasteiger partial charge in [-0.1, -0.05) is 6.92 Å². The van der Waals surface area contributed by atoms with Crippen LogP contribution in [0.4, 0.5) is 0 Å². The zero-order valence-corrected chi connectivity index (χ0v) is 11.9. The van der Waals surface area contributed by atoms with E-state index >= 15 is 0 Å². The van der Waals surface area contributed by atoms with Crippen molar-refractivity contribution in [2.75, 3.05) is 20.1 Å². The summed E-state index contributed by atoms with van der Waals surface area (Å²) < 4.78 is 2.09. The summed E-state index contributed by atoms with van der Waals surface area (Å²) in [4.78, 5) is 2.43. The van der Waals surface area contributed by atoms with E-state index in [1.54, 1.807) is 0 Å². The first-order valence-corrected chi connectivity index (χ1v) is 7.15. The molecule has 2 unspecified atom stereocenters. The summed E-state index contributed by atoms with van der Waals surface area (Å²) in [6.45, 7) is 7.66. The van der Waals surface area contributed by atoms with E-state index in [1.165, 1.54) is 25.1 Å². The second kappa shape index (κ2) is 6.34. The Morgan fingerprint density at radius 3 is 3.11 bits per heavy atom. The zero-order chi connectivity index (χ0) is 13.0. The van der Waals surface area contributed by atoms with Crippen molar-refractivity contribution in [3.05, 3.63) is 18.0 Å². The molecule has 4 heteroatoms.